The zero-order valence-corrected chi connectivity index (χ0v) is 38.2. The highest BCUT2D eigenvalue weighted by atomic mass is 28.3. The van der Waals surface area contributed by atoms with Crippen molar-refractivity contribution in [2.24, 2.45) is 0 Å². The highest BCUT2D eigenvalue weighted by molar-refractivity contribution is 6.76. The molecule has 0 aliphatic carbocycles. The number of anilines is 2. The van der Waals surface area contributed by atoms with Crippen LogP contribution in [0.3, 0.4) is 0 Å². The molecule has 0 saturated carbocycles. The maximum atomic E-state index is 13.5. The fourth-order valence-corrected chi connectivity index (χ4v) is 8.90. The van der Waals surface area contributed by atoms with E-state index in [1.165, 1.54) is 0 Å². The van der Waals surface area contributed by atoms with E-state index in [0.29, 0.717) is 37.0 Å². The fourth-order valence-electron chi connectivity index (χ4n) is 7.38. The molecule has 3 aromatic rings. The molecular formula is C41H66N8O6Si2. The largest absolute Gasteiger partial charge is 0.494 e. The molecule has 5 rings (SSSR count). The van der Waals surface area contributed by atoms with Gasteiger partial charge in [0.05, 0.1) is 24.1 Å². The summed E-state index contributed by atoms with van der Waals surface area (Å²) in [7, 11) is -1.16. The van der Waals surface area contributed by atoms with Gasteiger partial charge in [0.2, 0.25) is 0 Å². The van der Waals surface area contributed by atoms with Gasteiger partial charge in [-0.05, 0) is 77.6 Å². The lowest BCUT2D eigenvalue weighted by Gasteiger charge is -2.40. The summed E-state index contributed by atoms with van der Waals surface area (Å²) in [6.07, 6.45) is 6.50. The zero-order valence-electron chi connectivity index (χ0n) is 36.2. The van der Waals surface area contributed by atoms with Crippen molar-refractivity contribution in [3.8, 4) is 11.1 Å². The van der Waals surface area contributed by atoms with Crippen LogP contribution >= 0.6 is 0 Å². The van der Waals surface area contributed by atoms with Gasteiger partial charge in [0.25, 0.3) is 0 Å². The molecule has 0 radical (unpaired) electrons. The summed E-state index contributed by atoms with van der Waals surface area (Å²) in [4.78, 5) is 39.6. The minimum absolute atomic E-state index is 0.0122. The Morgan fingerprint density at radius 2 is 1.58 bits per heavy atom. The lowest BCUT2D eigenvalue weighted by molar-refractivity contribution is 0.00566. The molecule has 0 aromatic carbocycles. The van der Waals surface area contributed by atoms with Crippen LogP contribution in [0.5, 0.6) is 0 Å². The van der Waals surface area contributed by atoms with E-state index >= 15 is 0 Å². The number of amides is 3. The van der Waals surface area contributed by atoms with Crippen molar-refractivity contribution in [1.82, 2.24) is 29.8 Å². The van der Waals surface area contributed by atoms with Crippen molar-refractivity contribution < 1.29 is 28.5 Å². The minimum Gasteiger partial charge on any atom is -0.494 e. The molecule has 2 aliphatic heterocycles. The van der Waals surface area contributed by atoms with Gasteiger partial charge < -0.3 is 34.1 Å². The quantitative estimate of drug-likeness (QED) is 0.0588. The molecule has 2 bridgehead atoms. The molecule has 57 heavy (non-hydrogen) atoms. The molecule has 3 aromatic heterocycles. The van der Waals surface area contributed by atoms with Crippen LogP contribution < -0.4 is 15.5 Å². The standard InChI is InChI=1S/C41H66N8O6Si2/c1-13-54-28(2)35-36(30-22-31-15-16-32(23-30)48(31)40(51)55-41(3,4)5)46-37-33(29-14-17-34(43-24-29)45-39(50)42-6)25-44-49(37)38(35)47(26-52-18-20-56(7,8)9)27-53-19-21-57(10,11)12/h14,17,24-25,30-32H,2,13,15-16,18-23,26-27H2,1,3-12H3,(H2,42,43,45,50)/t30-,31+,32-. The summed E-state index contributed by atoms with van der Waals surface area (Å²) in [5, 5.41) is 10.3. The van der Waals surface area contributed by atoms with Crippen molar-refractivity contribution in [3.63, 3.8) is 0 Å². The van der Waals surface area contributed by atoms with Crippen molar-refractivity contribution in [2.45, 2.75) is 128 Å². The van der Waals surface area contributed by atoms with Crippen molar-refractivity contribution in [1.29, 1.82) is 0 Å². The Bertz CT molecular complexity index is 1830. The Morgan fingerprint density at radius 3 is 2.09 bits per heavy atom. The van der Waals surface area contributed by atoms with Crippen LogP contribution in [0.25, 0.3) is 22.5 Å². The molecule has 314 valence electrons. The van der Waals surface area contributed by atoms with Gasteiger partial charge in [0.15, 0.2) is 5.65 Å². The van der Waals surface area contributed by atoms with E-state index in [-0.39, 0.29) is 43.6 Å². The SMILES string of the molecule is C=C(OCC)c1c([C@H]2C[C@H]3CC[C@@H](C2)N3C(=O)OC(C)(C)C)nc2c(-c3ccc(NC(=O)NC)nc3)cnn2c1N(COCC[Si](C)(C)C)COCC[Si](C)(C)C. The number of hydrogen-bond donors (Lipinski definition) is 2. The Hall–Kier alpha value is -4.00. The van der Waals surface area contributed by atoms with E-state index < -0.39 is 21.7 Å². The Morgan fingerprint density at radius 1 is 0.965 bits per heavy atom. The number of carbonyl (C=O) groups is 2. The maximum absolute atomic E-state index is 13.5. The van der Waals surface area contributed by atoms with Crippen molar-refractivity contribution in [3.05, 3.63) is 42.4 Å². The van der Waals surface area contributed by atoms with Crippen molar-refractivity contribution >= 4 is 51.3 Å². The number of ether oxygens (including phenoxy) is 4. The summed E-state index contributed by atoms with van der Waals surface area (Å²) in [5.74, 6) is 1.63. The number of pyridine rings is 1. The number of nitrogens with one attached hydrogen (secondary N) is 2. The third-order valence-corrected chi connectivity index (χ3v) is 13.7. The molecular weight excluding hydrogens is 757 g/mol. The highest BCUT2D eigenvalue weighted by Gasteiger charge is 2.46. The van der Waals surface area contributed by atoms with Gasteiger partial charge in [0.1, 0.15) is 36.5 Å². The third-order valence-electron chi connectivity index (χ3n) is 10.3. The number of hydrogen-bond acceptors (Lipinski definition) is 10. The summed E-state index contributed by atoms with van der Waals surface area (Å²) >= 11 is 0. The summed E-state index contributed by atoms with van der Waals surface area (Å²) in [5.41, 5.74) is 3.23. The van der Waals surface area contributed by atoms with Crippen LogP contribution in [0.4, 0.5) is 21.2 Å². The number of fused-ring (bicyclic) bond motifs is 3. The molecule has 16 heteroatoms. The smallest absolute Gasteiger partial charge is 0.410 e. The van der Waals surface area contributed by atoms with Gasteiger partial charge >= 0.3 is 12.1 Å². The molecule has 2 fully saturated rings. The number of rotatable bonds is 17. The van der Waals surface area contributed by atoms with Gasteiger partial charge in [-0.2, -0.15) is 9.61 Å². The molecule has 2 N–H and O–H groups in total. The second-order valence-corrected chi connectivity index (χ2v) is 29.9. The molecule has 0 unspecified atom stereocenters. The Balaban J connectivity index is 1.66. The van der Waals surface area contributed by atoms with Crippen LogP contribution in [-0.2, 0) is 18.9 Å². The van der Waals surface area contributed by atoms with Gasteiger partial charge in [-0.3, -0.25) is 5.32 Å². The maximum Gasteiger partial charge on any atom is 0.410 e. The molecule has 3 atom stereocenters. The average molecular weight is 823 g/mol. The number of aromatic nitrogens is 4. The van der Waals surface area contributed by atoms with Crippen LogP contribution in [-0.4, -0.2) is 111 Å². The van der Waals surface area contributed by atoms with E-state index in [1.54, 1.807) is 25.5 Å². The predicted molar refractivity (Wildman–Crippen MR) is 232 cm³/mol. The normalized spacial score (nSPS) is 18.4. The number of nitrogens with zero attached hydrogens (tertiary/aromatic N) is 6. The van der Waals surface area contributed by atoms with E-state index in [0.717, 1.165) is 66.0 Å². The second kappa shape index (κ2) is 18.3. The van der Waals surface area contributed by atoms with E-state index in [2.05, 4.69) is 66.4 Å². The number of piperidine rings is 1. The minimum atomic E-state index is -1.36. The number of urea groups is 1. The highest BCUT2D eigenvalue weighted by Crippen LogP contribution is 2.47. The Kier molecular flexibility index (Phi) is 14.2. The topological polar surface area (TPSA) is 145 Å². The zero-order chi connectivity index (χ0) is 41.7. The van der Waals surface area contributed by atoms with Gasteiger partial charge in [0, 0.05) is 71.7 Å². The lowest BCUT2D eigenvalue weighted by atomic mass is 9.85. The fraction of sp³-hybridized carbons (Fsp3) is 0.634. The van der Waals surface area contributed by atoms with E-state index in [9.17, 15) is 9.59 Å². The Labute approximate surface area is 341 Å². The van der Waals surface area contributed by atoms with Crippen LogP contribution in [0.2, 0.25) is 51.4 Å². The van der Waals surface area contributed by atoms with E-state index in [4.69, 9.17) is 29.0 Å². The lowest BCUT2D eigenvalue weighted by Crippen LogP contribution is -2.48. The molecule has 0 spiro atoms. The van der Waals surface area contributed by atoms with Crippen LogP contribution in [0, 0.1) is 0 Å². The van der Waals surface area contributed by atoms with Crippen LogP contribution in [0.1, 0.15) is 70.6 Å². The average Bonchev–Trinajstić information content (AvgIpc) is 3.66. The molecule has 2 saturated heterocycles. The predicted octanol–water partition coefficient (Wildman–Crippen LogP) is 8.63. The van der Waals surface area contributed by atoms with Gasteiger partial charge in [-0.25, -0.2) is 19.6 Å². The monoisotopic (exact) mass is 822 g/mol. The summed E-state index contributed by atoms with van der Waals surface area (Å²) in [6, 6.07) is 5.38. The third kappa shape index (κ3) is 11.6. The molecule has 14 nitrogen and oxygen atoms in total. The summed E-state index contributed by atoms with van der Waals surface area (Å²) < 4.78 is 26.9. The van der Waals surface area contributed by atoms with Crippen molar-refractivity contribution in [2.75, 3.05) is 50.5 Å². The first-order chi connectivity index (χ1) is 26.8. The first-order valence-electron chi connectivity index (χ1n) is 20.4. The van der Waals surface area contributed by atoms with Gasteiger partial charge in [-0.15, -0.1) is 0 Å². The number of carbonyl (C=O) groups excluding carboxylic acids is 2. The molecule has 2 aliphatic rings. The molecule has 3 amide bonds. The molecule has 5 heterocycles. The summed E-state index contributed by atoms with van der Waals surface area (Å²) in [6.45, 7) is 28.4. The first kappa shape index (κ1) is 44.1. The van der Waals surface area contributed by atoms with Gasteiger partial charge in [-0.1, -0.05) is 45.9 Å². The first-order valence-corrected chi connectivity index (χ1v) is 27.8. The second-order valence-electron chi connectivity index (χ2n) is 18.7. The van der Waals surface area contributed by atoms with Crippen LogP contribution in [0.15, 0.2) is 31.1 Å². The van der Waals surface area contributed by atoms with E-state index in [1.807, 2.05) is 43.2 Å².